The number of hydrogen-bond donors (Lipinski definition) is 3. The van der Waals surface area contributed by atoms with E-state index in [-0.39, 0.29) is 0 Å². The van der Waals surface area contributed by atoms with Gasteiger partial charge in [0.05, 0.1) is 6.61 Å². The van der Waals surface area contributed by atoms with Gasteiger partial charge in [-0.25, -0.2) is 0 Å². The van der Waals surface area contributed by atoms with E-state index in [1.807, 2.05) is 18.2 Å². The van der Waals surface area contributed by atoms with Crippen molar-refractivity contribution in [3.05, 3.63) is 29.3 Å². The highest BCUT2D eigenvalue weighted by Crippen LogP contribution is 2.16. The van der Waals surface area contributed by atoms with Crippen molar-refractivity contribution >= 4 is 18.6 Å². The Morgan fingerprint density at radius 3 is 3.06 bits per heavy atom. The van der Waals surface area contributed by atoms with Crippen LogP contribution in [0, 0.1) is 0 Å². The highest BCUT2D eigenvalue weighted by Gasteiger charge is 2.28. The SMILES string of the molecule is NC(CCc1cccc2c1COB2O)C(=O)O. The maximum Gasteiger partial charge on any atom is 0.491 e. The van der Waals surface area contributed by atoms with E-state index in [1.54, 1.807) is 0 Å². The van der Waals surface area contributed by atoms with E-state index in [1.165, 1.54) is 0 Å². The molecule has 4 N–H and O–H groups in total. The first-order chi connectivity index (χ1) is 8.09. The number of aliphatic carboxylic acids is 1. The quantitative estimate of drug-likeness (QED) is 0.597. The lowest BCUT2D eigenvalue weighted by Gasteiger charge is -2.09. The molecule has 0 saturated carbocycles. The van der Waals surface area contributed by atoms with Crippen LogP contribution in [0.3, 0.4) is 0 Å². The highest BCUT2D eigenvalue weighted by atomic mass is 16.5. The molecule has 1 aromatic carbocycles. The lowest BCUT2D eigenvalue weighted by atomic mass is 9.78. The summed E-state index contributed by atoms with van der Waals surface area (Å²) in [7, 11) is -0.863. The standard InChI is InChI=1S/C11H14BNO4/c13-10(11(14)15)5-4-7-2-1-3-9-8(7)6-17-12(9)16/h1-3,10,16H,4-6,13H2,(H,14,15). The molecule has 1 aliphatic heterocycles. The lowest BCUT2D eigenvalue weighted by molar-refractivity contribution is -0.138. The summed E-state index contributed by atoms with van der Waals surface area (Å²) in [5, 5.41) is 18.2. The number of hydrogen-bond acceptors (Lipinski definition) is 4. The van der Waals surface area contributed by atoms with Gasteiger partial charge in [0.1, 0.15) is 6.04 Å². The molecule has 1 atom stereocenters. The fourth-order valence-corrected chi connectivity index (χ4v) is 1.98. The molecule has 0 bridgehead atoms. The molecular formula is C11H14BNO4. The zero-order valence-corrected chi connectivity index (χ0v) is 9.30. The van der Waals surface area contributed by atoms with Crippen LogP contribution in [0.2, 0.25) is 0 Å². The molecule has 2 rings (SSSR count). The monoisotopic (exact) mass is 235 g/mol. The van der Waals surface area contributed by atoms with Crippen molar-refractivity contribution in [2.24, 2.45) is 5.73 Å². The fourth-order valence-electron chi connectivity index (χ4n) is 1.98. The molecule has 0 saturated heterocycles. The molecule has 1 aromatic rings. The van der Waals surface area contributed by atoms with E-state index in [4.69, 9.17) is 15.5 Å². The van der Waals surface area contributed by atoms with E-state index in [9.17, 15) is 9.82 Å². The number of carbonyl (C=O) groups is 1. The van der Waals surface area contributed by atoms with Gasteiger partial charge in [-0.1, -0.05) is 18.2 Å². The van der Waals surface area contributed by atoms with Gasteiger partial charge in [0.2, 0.25) is 0 Å². The van der Waals surface area contributed by atoms with Gasteiger partial charge >= 0.3 is 13.1 Å². The van der Waals surface area contributed by atoms with Gasteiger partial charge < -0.3 is 20.5 Å². The largest absolute Gasteiger partial charge is 0.491 e. The molecule has 90 valence electrons. The number of rotatable bonds is 4. The van der Waals surface area contributed by atoms with Gasteiger partial charge in [-0.3, -0.25) is 4.79 Å². The normalized spacial score (nSPS) is 15.8. The van der Waals surface area contributed by atoms with Gasteiger partial charge in [-0.05, 0) is 29.4 Å². The summed E-state index contributed by atoms with van der Waals surface area (Å²) in [5.74, 6) is -0.992. The minimum atomic E-state index is -0.992. The average molecular weight is 235 g/mol. The van der Waals surface area contributed by atoms with Gasteiger partial charge in [-0.2, -0.15) is 0 Å². The first-order valence-corrected chi connectivity index (χ1v) is 5.48. The zero-order valence-electron chi connectivity index (χ0n) is 9.30. The minimum Gasteiger partial charge on any atom is -0.480 e. The van der Waals surface area contributed by atoms with E-state index in [2.05, 4.69) is 0 Å². The molecule has 0 aromatic heterocycles. The Morgan fingerprint density at radius 1 is 1.59 bits per heavy atom. The Bertz CT molecular complexity index is 437. The number of aryl methyl sites for hydroxylation is 1. The van der Waals surface area contributed by atoms with Crippen LogP contribution in [0.25, 0.3) is 0 Å². The van der Waals surface area contributed by atoms with Crippen molar-refractivity contribution < 1.29 is 19.6 Å². The maximum absolute atomic E-state index is 10.6. The Morgan fingerprint density at radius 2 is 2.35 bits per heavy atom. The summed E-state index contributed by atoms with van der Waals surface area (Å²) in [4.78, 5) is 10.6. The molecule has 1 aliphatic rings. The van der Waals surface area contributed by atoms with E-state index in [0.29, 0.717) is 19.4 Å². The number of carboxylic acids is 1. The highest BCUT2D eigenvalue weighted by molar-refractivity contribution is 6.61. The Kier molecular flexibility index (Phi) is 3.47. The number of fused-ring (bicyclic) bond motifs is 1. The predicted molar refractivity (Wildman–Crippen MR) is 62.8 cm³/mol. The smallest absolute Gasteiger partial charge is 0.480 e. The maximum atomic E-state index is 10.6. The van der Waals surface area contributed by atoms with Gasteiger partial charge in [0, 0.05) is 0 Å². The van der Waals surface area contributed by atoms with Crippen molar-refractivity contribution in [2.45, 2.75) is 25.5 Å². The van der Waals surface area contributed by atoms with Crippen LogP contribution >= 0.6 is 0 Å². The summed E-state index contributed by atoms with van der Waals surface area (Å²) in [5.41, 5.74) is 8.18. The molecule has 0 radical (unpaired) electrons. The van der Waals surface area contributed by atoms with Crippen LogP contribution in [-0.4, -0.2) is 29.3 Å². The van der Waals surface area contributed by atoms with Crippen LogP contribution in [0.4, 0.5) is 0 Å². The summed E-state index contributed by atoms with van der Waals surface area (Å²) in [6.45, 7) is 0.370. The molecule has 0 aliphatic carbocycles. The Labute approximate surface area is 99.3 Å². The van der Waals surface area contributed by atoms with Crippen molar-refractivity contribution in [1.29, 1.82) is 0 Å². The third-order valence-corrected chi connectivity index (χ3v) is 3.00. The molecule has 6 heteroatoms. The summed E-state index contributed by atoms with van der Waals surface area (Å²) in [6.07, 6.45) is 0.953. The van der Waals surface area contributed by atoms with E-state index < -0.39 is 19.1 Å². The molecule has 0 amide bonds. The molecule has 0 spiro atoms. The van der Waals surface area contributed by atoms with Crippen molar-refractivity contribution in [1.82, 2.24) is 0 Å². The second-order valence-electron chi connectivity index (χ2n) is 4.13. The van der Waals surface area contributed by atoms with Crippen LogP contribution in [0.15, 0.2) is 18.2 Å². The van der Waals surface area contributed by atoms with Crippen molar-refractivity contribution in [3.63, 3.8) is 0 Å². The zero-order chi connectivity index (χ0) is 12.4. The van der Waals surface area contributed by atoms with Crippen molar-refractivity contribution in [2.75, 3.05) is 0 Å². The third kappa shape index (κ3) is 2.49. The molecule has 0 fully saturated rings. The average Bonchev–Trinajstić information content (AvgIpc) is 2.69. The topological polar surface area (TPSA) is 92.8 Å². The Balaban J connectivity index is 2.10. The summed E-state index contributed by atoms with van der Waals surface area (Å²) >= 11 is 0. The second-order valence-corrected chi connectivity index (χ2v) is 4.13. The number of benzene rings is 1. The second kappa shape index (κ2) is 4.87. The molecule has 5 nitrogen and oxygen atoms in total. The molecule has 1 unspecified atom stereocenters. The first-order valence-electron chi connectivity index (χ1n) is 5.48. The molecular weight excluding hydrogens is 221 g/mol. The third-order valence-electron chi connectivity index (χ3n) is 3.00. The van der Waals surface area contributed by atoms with Crippen LogP contribution in [-0.2, 0) is 22.5 Å². The Hall–Kier alpha value is -1.37. The van der Waals surface area contributed by atoms with E-state index >= 15 is 0 Å². The summed E-state index contributed by atoms with van der Waals surface area (Å²) in [6, 6.07) is 4.71. The molecule has 17 heavy (non-hydrogen) atoms. The summed E-state index contributed by atoms with van der Waals surface area (Å²) < 4.78 is 5.13. The molecule has 1 heterocycles. The first kappa shape index (κ1) is 12.1. The number of carboxylic acid groups (broad SMARTS) is 1. The lowest BCUT2D eigenvalue weighted by Crippen LogP contribution is -2.31. The van der Waals surface area contributed by atoms with Gasteiger partial charge in [0.15, 0.2) is 0 Å². The van der Waals surface area contributed by atoms with Crippen LogP contribution in [0.5, 0.6) is 0 Å². The van der Waals surface area contributed by atoms with E-state index in [0.717, 1.165) is 16.6 Å². The number of nitrogens with two attached hydrogens (primary N) is 1. The van der Waals surface area contributed by atoms with Gasteiger partial charge in [-0.15, -0.1) is 0 Å². The minimum absolute atomic E-state index is 0.370. The van der Waals surface area contributed by atoms with Crippen LogP contribution in [0.1, 0.15) is 17.5 Å². The predicted octanol–water partition coefficient (Wildman–Crippen LogP) is -0.751. The van der Waals surface area contributed by atoms with Crippen molar-refractivity contribution in [3.8, 4) is 0 Å². The van der Waals surface area contributed by atoms with Crippen LogP contribution < -0.4 is 11.2 Å². The van der Waals surface area contributed by atoms with Gasteiger partial charge in [0.25, 0.3) is 0 Å². The fraction of sp³-hybridized carbons (Fsp3) is 0.364.